The van der Waals surface area contributed by atoms with Crippen LogP contribution in [0, 0.1) is 0 Å². The zero-order chi connectivity index (χ0) is 13.5. The molecule has 0 aliphatic carbocycles. The highest BCUT2D eigenvalue weighted by atomic mass is 19.3. The summed E-state index contributed by atoms with van der Waals surface area (Å²) in [5.74, 6) is 1.60. The van der Waals surface area contributed by atoms with Gasteiger partial charge in [-0.3, -0.25) is 0 Å². The molecule has 1 aromatic carbocycles. The Bertz CT molecular complexity index is 355. The summed E-state index contributed by atoms with van der Waals surface area (Å²) in [6.07, 6.45) is -1.37. The molecule has 1 aromatic rings. The molecule has 0 aliphatic heterocycles. The Morgan fingerprint density at radius 3 is 1.94 bits per heavy atom. The normalized spacial score (nSPS) is 10.6. The molecule has 0 fully saturated rings. The van der Waals surface area contributed by atoms with Gasteiger partial charge in [0.05, 0.1) is 21.3 Å². The smallest absolute Gasteiger partial charge is 0.238 e. The van der Waals surface area contributed by atoms with Crippen LogP contribution in [0.25, 0.3) is 0 Å². The van der Waals surface area contributed by atoms with Crippen LogP contribution in [-0.2, 0) is 6.42 Å². The zero-order valence-electron chi connectivity index (χ0n) is 10.8. The third-order valence-corrected chi connectivity index (χ3v) is 2.61. The molecule has 0 spiro atoms. The largest absolute Gasteiger partial charge is 0.493 e. The van der Waals surface area contributed by atoms with Gasteiger partial charge in [-0.2, -0.15) is 0 Å². The summed E-state index contributed by atoms with van der Waals surface area (Å²) < 4.78 is 39.7. The monoisotopic (exact) mass is 260 g/mol. The molecule has 0 radical (unpaired) electrons. The standard InChI is InChI=1S/C13H18F2O3/c1-16-10-7-9(5-4-6-12(14)15)8-11(17-2)13(10)18-3/h7-8,12H,4-6H2,1-3H3. The molecule has 1 rings (SSSR count). The van der Waals surface area contributed by atoms with Crippen molar-refractivity contribution in [2.75, 3.05) is 21.3 Å². The fourth-order valence-electron chi connectivity index (χ4n) is 1.74. The van der Waals surface area contributed by atoms with Gasteiger partial charge in [-0.1, -0.05) is 0 Å². The highest BCUT2D eigenvalue weighted by molar-refractivity contribution is 5.53. The van der Waals surface area contributed by atoms with E-state index in [1.165, 1.54) is 21.3 Å². The summed E-state index contributed by atoms with van der Waals surface area (Å²) in [5.41, 5.74) is 0.894. The lowest BCUT2D eigenvalue weighted by Gasteiger charge is -2.14. The predicted molar refractivity (Wildman–Crippen MR) is 65.0 cm³/mol. The molecule has 0 bridgehead atoms. The van der Waals surface area contributed by atoms with E-state index in [2.05, 4.69) is 0 Å². The van der Waals surface area contributed by atoms with Crippen LogP contribution in [-0.4, -0.2) is 27.8 Å². The van der Waals surface area contributed by atoms with Crippen molar-refractivity contribution >= 4 is 0 Å². The summed E-state index contributed by atoms with van der Waals surface area (Å²) in [6, 6.07) is 3.57. The van der Waals surface area contributed by atoms with Gasteiger partial charge in [0.15, 0.2) is 11.5 Å². The molecule has 0 amide bonds. The zero-order valence-corrected chi connectivity index (χ0v) is 10.8. The Morgan fingerprint density at radius 1 is 1.00 bits per heavy atom. The molecule has 0 saturated heterocycles. The minimum Gasteiger partial charge on any atom is -0.493 e. The van der Waals surface area contributed by atoms with E-state index >= 15 is 0 Å². The maximum Gasteiger partial charge on any atom is 0.238 e. The minimum atomic E-state index is -2.26. The van der Waals surface area contributed by atoms with Crippen molar-refractivity contribution in [3.8, 4) is 17.2 Å². The molecule has 102 valence electrons. The highest BCUT2D eigenvalue weighted by Crippen LogP contribution is 2.38. The Balaban J connectivity index is 2.86. The average molecular weight is 260 g/mol. The average Bonchev–Trinajstić information content (AvgIpc) is 2.36. The molecule has 5 heteroatoms. The molecule has 3 nitrogen and oxygen atoms in total. The first kappa shape index (κ1) is 14.5. The number of hydrogen-bond donors (Lipinski definition) is 0. The van der Waals surface area contributed by atoms with Gasteiger partial charge < -0.3 is 14.2 Å². The summed E-state index contributed by atoms with van der Waals surface area (Å²) in [5, 5.41) is 0. The predicted octanol–water partition coefficient (Wildman–Crippen LogP) is 3.30. The first-order chi connectivity index (χ1) is 8.62. The van der Waals surface area contributed by atoms with Crippen LogP contribution < -0.4 is 14.2 Å². The van der Waals surface area contributed by atoms with Crippen LogP contribution in [0.5, 0.6) is 17.2 Å². The van der Waals surface area contributed by atoms with Crippen molar-refractivity contribution < 1.29 is 23.0 Å². The Hall–Kier alpha value is -1.52. The van der Waals surface area contributed by atoms with Crippen LogP contribution in [0.15, 0.2) is 12.1 Å². The van der Waals surface area contributed by atoms with Gasteiger partial charge in [0.2, 0.25) is 12.2 Å². The first-order valence-electron chi connectivity index (χ1n) is 5.69. The Kier molecular flexibility index (Phi) is 5.68. The second-order valence-electron chi connectivity index (χ2n) is 3.82. The number of benzene rings is 1. The van der Waals surface area contributed by atoms with E-state index in [1.807, 2.05) is 0 Å². The van der Waals surface area contributed by atoms with Gasteiger partial charge >= 0.3 is 0 Å². The maximum absolute atomic E-state index is 12.1. The van der Waals surface area contributed by atoms with Crippen molar-refractivity contribution in [2.24, 2.45) is 0 Å². The molecule has 0 saturated carbocycles. The number of hydrogen-bond acceptors (Lipinski definition) is 3. The van der Waals surface area contributed by atoms with Crippen molar-refractivity contribution in [3.05, 3.63) is 17.7 Å². The van der Waals surface area contributed by atoms with Crippen molar-refractivity contribution in [1.82, 2.24) is 0 Å². The molecule has 0 aliphatic rings. The fraction of sp³-hybridized carbons (Fsp3) is 0.538. The van der Waals surface area contributed by atoms with Gasteiger partial charge in [0.25, 0.3) is 0 Å². The number of methoxy groups -OCH3 is 3. The lowest BCUT2D eigenvalue weighted by atomic mass is 10.1. The van der Waals surface area contributed by atoms with E-state index in [0.717, 1.165) is 5.56 Å². The summed E-state index contributed by atoms with van der Waals surface area (Å²) >= 11 is 0. The van der Waals surface area contributed by atoms with Crippen molar-refractivity contribution in [3.63, 3.8) is 0 Å². The SMILES string of the molecule is COc1cc(CCCC(F)F)cc(OC)c1OC. The van der Waals surface area contributed by atoms with Gasteiger partial charge in [0.1, 0.15) is 0 Å². The van der Waals surface area contributed by atoms with Gasteiger partial charge in [-0.05, 0) is 30.5 Å². The number of alkyl halides is 2. The second kappa shape index (κ2) is 7.03. The fourth-order valence-corrected chi connectivity index (χ4v) is 1.74. The lowest BCUT2D eigenvalue weighted by Crippen LogP contribution is -1.98. The van der Waals surface area contributed by atoms with Crippen LogP contribution in [0.3, 0.4) is 0 Å². The van der Waals surface area contributed by atoms with Crippen molar-refractivity contribution in [1.29, 1.82) is 0 Å². The molecule has 18 heavy (non-hydrogen) atoms. The van der Waals surface area contributed by atoms with E-state index in [0.29, 0.717) is 30.1 Å². The first-order valence-corrected chi connectivity index (χ1v) is 5.69. The van der Waals surface area contributed by atoms with Crippen LogP contribution in [0.2, 0.25) is 0 Å². The van der Waals surface area contributed by atoms with E-state index in [-0.39, 0.29) is 6.42 Å². The Morgan fingerprint density at radius 2 is 1.56 bits per heavy atom. The topological polar surface area (TPSA) is 27.7 Å². The van der Waals surface area contributed by atoms with E-state index < -0.39 is 6.43 Å². The molecular weight excluding hydrogens is 242 g/mol. The molecular formula is C13H18F2O3. The summed E-state index contributed by atoms with van der Waals surface area (Å²) in [7, 11) is 4.58. The number of halogens is 2. The van der Waals surface area contributed by atoms with Gasteiger partial charge in [0, 0.05) is 6.42 Å². The molecule has 0 unspecified atom stereocenters. The molecule has 0 N–H and O–H groups in total. The third kappa shape index (κ3) is 3.75. The van der Waals surface area contributed by atoms with Gasteiger partial charge in [-0.15, -0.1) is 0 Å². The minimum absolute atomic E-state index is 0.101. The van der Waals surface area contributed by atoms with E-state index in [9.17, 15) is 8.78 Å². The quantitative estimate of drug-likeness (QED) is 0.752. The molecule has 0 heterocycles. The van der Waals surface area contributed by atoms with Crippen LogP contribution in [0.1, 0.15) is 18.4 Å². The van der Waals surface area contributed by atoms with E-state index in [1.54, 1.807) is 12.1 Å². The Labute approximate surface area is 106 Å². The number of ether oxygens (including phenoxy) is 3. The number of aryl methyl sites for hydroxylation is 1. The van der Waals surface area contributed by atoms with E-state index in [4.69, 9.17) is 14.2 Å². The summed E-state index contributed by atoms with van der Waals surface area (Å²) in [6.45, 7) is 0. The van der Waals surface area contributed by atoms with Crippen molar-refractivity contribution in [2.45, 2.75) is 25.7 Å². The molecule has 0 aromatic heterocycles. The van der Waals surface area contributed by atoms with Gasteiger partial charge in [-0.25, -0.2) is 8.78 Å². The van der Waals surface area contributed by atoms with Crippen LogP contribution >= 0.6 is 0 Å². The maximum atomic E-state index is 12.1. The molecule has 0 atom stereocenters. The lowest BCUT2D eigenvalue weighted by molar-refractivity contribution is 0.135. The number of rotatable bonds is 7. The summed E-state index contributed by atoms with van der Waals surface area (Å²) in [4.78, 5) is 0. The third-order valence-electron chi connectivity index (χ3n) is 2.61. The highest BCUT2D eigenvalue weighted by Gasteiger charge is 2.13. The van der Waals surface area contributed by atoms with Crippen LogP contribution in [0.4, 0.5) is 8.78 Å². The second-order valence-corrected chi connectivity index (χ2v) is 3.82.